The molecule has 1 N–H and O–H groups in total. The lowest BCUT2D eigenvalue weighted by Gasteiger charge is -2.08. The Bertz CT molecular complexity index is 467. The highest BCUT2D eigenvalue weighted by Gasteiger charge is 2.00. The van der Waals surface area contributed by atoms with Gasteiger partial charge in [0.25, 0.3) is 0 Å². The number of hydrogen-bond acceptors (Lipinski definition) is 4. The Labute approximate surface area is 107 Å². The maximum atomic E-state index is 5.63. The lowest BCUT2D eigenvalue weighted by molar-refractivity contribution is 0.293. The Hall–Kier alpha value is -2.23. The van der Waals surface area contributed by atoms with Crippen LogP contribution < -0.4 is 14.8 Å². The van der Waals surface area contributed by atoms with Gasteiger partial charge in [-0.05, 0) is 23.8 Å². The van der Waals surface area contributed by atoms with Crippen molar-refractivity contribution in [1.29, 1.82) is 0 Å². The predicted octanol–water partition coefficient (Wildman–Crippen LogP) is 2.71. The van der Waals surface area contributed by atoms with Crippen molar-refractivity contribution < 1.29 is 9.47 Å². The summed E-state index contributed by atoms with van der Waals surface area (Å²) in [6.45, 7) is 0.470. The van der Waals surface area contributed by atoms with Crippen LogP contribution >= 0.6 is 0 Å². The van der Waals surface area contributed by atoms with Crippen LogP contribution in [0, 0.1) is 0 Å². The van der Waals surface area contributed by atoms with Crippen molar-refractivity contribution in [3.05, 3.63) is 48.2 Å². The van der Waals surface area contributed by atoms with Gasteiger partial charge in [-0.3, -0.25) is 0 Å². The molecule has 4 heteroatoms. The zero-order valence-corrected chi connectivity index (χ0v) is 10.5. The first-order valence-electron chi connectivity index (χ1n) is 5.71. The Morgan fingerprint density at radius 1 is 1.22 bits per heavy atom. The largest absolute Gasteiger partial charge is 0.497 e. The fourth-order valence-corrected chi connectivity index (χ4v) is 1.56. The molecule has 1 aromatic carbocycles. The van der Waals surface area contributed by atoms with Crippen LogP contribution in [0.1, 0.15) is 5.56 Å². The van der Waals surface area contributed by atoms with E-state index in [2.05, 4.69) is 10.3 Å². The molecule has 2 aromatic rings. The molecule has 0 saturated heterocycles. The third kappa shape index (κ3) is 3.13. The van der Waals surface area contributed by atoms with E-state index in [1.807, 2.05) is 43.4 Å². The highest BCUT2D eigenvalue weighted by Crippen LogP contribution is 2.17. The van der Waals surface area contributed by atoms with Gasteiger partial charge < -0.3 is 14.8 Å². The quantitative estimate of drug-likeness (QED) is 0.878. The van der Waals surface area contributed by atoms with Crippen LogP contribution in [0.5, 0.6) is 11.6 Å². The first-order valence-corrected chi connectivity index (χ1v) is 5.71. The number of rotatable bonds is 5. The van der Waals surface area contributed by atoms with Crippen LogP contribution in [0.3, 0.4) is 0 Å². The van der Waals surface area contributed by atoms with Crippen molar-refractivity contribution in [3.63, 3.8) is 0 Å². The zero-order chi connectivity index (χ0) is 12.8. The average molecular weight is 244 g/mol. The fraction of sp³-hybridized carbons (Fsp3) is 0.214. The van der Waals surface area contributed by atoms with E-state index in [4.69, 9.17) is 9.47 Å². The fourth-order valence-electron chi connectivity index (χ4n) is 1.56. The Balaban J connectivity index is 2.01. The molecule has 0 aliphatic heterocycles. The topological polar surface area (TPSA) is 43.4 Å². The summed E-state index contributed by atoms with van der Waals surface area (Å²) >= 11 is 0. The molecular weight excluding hydrogens is 228 g/mol. The summed E-state index contributed by atoms with van der Waals surface area (Å²) in [5, 5.41) is 3.04. The number of hydrogen-bond donors (Lipinski definition) is 1. The second-order valence-electron chi connectivity index (χ2n) is 3.77. The highest BCUT2D eigenvalue weighted by molar-refractivity contribution is 5.44. The van der Waals surface area contributed by atoms with Gasteiger partial charge in [0.1, 0.15) is 12.4 Å². The number of methoxy groups -OCH3 is 1. The van der Waals surface area contributed by atoms with Gasteiger partial charge in [-0.1, -0.05) is 12.1 Å². The molecule has 2 rings (SSSR count). The minimum atomic E-state index is 0.470. The average Bonchev–Trinajstić information content (AvgIpc) is 2.45. The second-order valence-corrected chi connectivity index (χ2v) is 3.77. The van der Waals surface area contributed by atoms with Gasteiger partial charge in [-0.2, -0.15) is 0 Å². The first kappa shape index (κ1) is 12.2. The van der Waals surface area contributed by atoms with Crippen molar-refractivity contribution in [2.24, 2.45) is 0 Å². The van der Waals surface area contributed by atoms with Gasteiger partial charge in [0, 0.05) is 25.0 Å². The number of benzene rings is 1. The van der Waals surface area contributed by atoms with Crippen molar-refractivity contribution in [3.8, 4) is 11.6 Å². The number of anilines is 1. The molecule has 0 aliphatic rings. The summed E-state index contributed by atoms with van der Waals surface area (Å²) in [6, 6.07) is 11.5. The lowest BCUT2D eigenvalue weighted by atomic mass is 10.2. The third-order valence-corrected chi connectivity index (χ3v) is 2.54. The van der Waals surface area contributed by atoms with E-state index in [1.54, 1.807) is 13.3 Å². The highest BCUT2D eigenvalue weighted by atomic mass is 16.5. The summed E-state index contributed by atoms with van der Waals surface area (Å²) in [7, 11) is 3.51. The molecule has 1 aromatic heterocycles. The van der Waals surface area contributed by atoms with Crippen molar-refractivity contribution in [1.82, 2.24) is 4.98 Å². The molecule has 4 nitrogen and oxygen atoms in total. The molecule has 0 amide bonds. The van der Waals surface area contributed by atoms with Crippen LogP contribution in [-0.4, -0.2) is 19.1 Å². The van der Waals surface area contributed by atoms with E-state index in [-0.39, 0.29) is 0 Å². The number of nitrogens with one attached hydrogen (secondary N) is 1. The minimum Gasteiger partial charge on any atom is -0.497 e. The number of pyridine rings is 1. The molecule has 0 fully saturated rings. The molecule has 0 spiro atoms. The summed E-state index contributed by atoms with van der Waals surface area (Å²) < 4.78 is 10.8. The van der Waals surface area contributed by atoms with Crippen LogP contribution in [-0.2, 0) is 6.61 Å². The summed E-state index contributed by atoms with van der Waals surface area (Å²) in [5.41, 5.74) is 2.02. The van der Waals surface area contributed by atoms with Gasteiger partial charge >= 0.3 is 0 Å². The molecule has 0 saturated carbocycles. The third-order valence-electron chi connectivity index (χ3n) is 2.54. The molecule has 18 heavy (non-hydrogen) atoms. The molecule has 0 radical (unpaired) electrons. The molecule has 0 unspecified atom stereocenters. The van der Waals surface area contributed by atoms with Gasteiger partial charge in [0.05, 0.1) is 7.11 Å². The van der Waals surface area contributed by atoms with Crippen molar-refractivity contribution in [2.45, 2.75) is 6.61 Å². The second kappa shape index (κ2) is 5.91. The van der Waals surface area contributed by atoms with E-state index >= 15 is 0 Å². The Kier molecular flexibility index (Phi) is 4.02. The van der Waals surface area contributed by atoms with Gasteiger partial charge in [-0.25, -0.2) is 4.98 Å². The number of aromatic nitrogens is 1. The van der Waals surface area contributed by atoms with Crippen LogP contribution in [0.2, 0.25) is 0 Å². The van der Waals surface area contributed by atoms with E-state index < -0.39 is 0 Å². The zero-order valence-electron chi connectivity index (χ0n) is 10.5. The van der Waals surface area contributed by atoms with E-state index in [0.29, 0.717) is 12.5 Å². The van der Waals surface area contributed by atoms with Gasteiger partial charge in [0.2, 0.25) is 5.88 Å². The minimum absolute atomic E-state index is 0.470. The SMILES string of the molecule is CNc1ccnc(OCc2cccc(OC)c2)c1. The van der Waals surface area contributed by atoms with Gasteiger partial charge in [-0.15, -0.1) is 0 Å². The Morgan fingerprint density at radius 2 is 2.11 bits per heavy atom. The van der Waals surface area contributed by atoms with Crippen LogP contribution in [0.4, 0.5) is 5.69 Å². The monoisotopic (exact) mass is 244 g/mol. The molecule has 94 valence electrons. The first-order chi connectivity index (χ1) is 8.81. The normalized spacial score (nSPS) is 9.89. The van der Waals surface area contributed by atoms with Gasteiger partial charge in [0.15, 0.2) is 0 Å². The standard InChI is InChI=1S/C14H16N2O2/c1-15-12-6-7-16-14(9-12)18-10-11-4-3-5-13(8-11)17-2/h3-9H,10H2,1-2H3,(H,15,16). The summed E-state index contributed by atoms with van der Waals surface area (Å²) in [4.78, 5) is 4.15. The molecule has 0 bridgehead atoms. The molecule has 0 aliphatic carbocycles. The van der Waals surface area contributed by atoms with Crippen molar-refractivity contribution in [2.75, 3.05) is 19.5 Å². The molecular formula is C14H16N2O2. The summed E-state index contributed by atoms with van der Waals surface area (Å²) in [5.74, 6) is 1.43. The van der Waals surface area contributed by atoms with E-state index in [9.17, 15) is 0 Å². The van der Waals surface area contributed by atoms with Crippen molar-refractivity contribution >= 4 is 5.69 Å². The smallest absolute Gasteiger partial charge is 0.215 e. The maximum Gasteiger partial charge on any atom is 0.215 e. The van der Waals surface area contributed by atoms with Crippen LogP contribution in [0.25, 0.3) is 0 Å². The van der Waals surface area contributed by atoms with E-state index in [1.165, 1.54) is 0 Å². The molecule has 0 atom stereocenters. The maximum absolute atomic E-state index is 5.63. The number of nitrogens with zero attached hydrogens (tertiary/aromatic N) is 1. The molecule has 1 heterocycles. The summed E-state index contributed by atoms with van der Waals surface area (Å²) in [6.07, 6.45) is 1.72. The lowest BCUT2D eigenvalue weighted by Crippen LogP contribution is -1.98. The van der Waals surface area contributed by atoms with E-state index in [0.717, 1.165) is 17.0 Å². The Morgan fingerprint density at radius 3 is 2.89 bits per heavy atom. The predicted molar refractivity (Wildman–Crippen MR) is 71.1 cm³/mol. The number of ether oxygens (including phenoxy) is 2. The van der Waals surface area contributed by atoms with Crippen LogP contribution in [0.15, 0.2) is 42.6 Å².